The minimum atomic E-state index is 0.114. The van der Waals surface area contributed by atoms with Gasteiger partial charge in [0, 0.05) is 31.9 Å². The molecule has 1 aliphatic heterocycles. The molecule has 23 heavy (non-hydrogen) atoms. The van der Waals surface area contributed by atoms with Crippen molar-refractivity contribution in [1.29, 1.82) is 0 Å². The van der Waals surface area contributed by atoms with Crippen LogP contribution in [0, 0.1) is 13.8 Å². The van der Waals surface area contributed by atoms with Gasteiger partial charge in [-0.15, -0.1) is 0 Å². The number of aromatic nitrogens is 3. The second-order valence-electron chi connectivity index (χ2n) is 5.91. The van der Waals surface area contributed by atoms with Crippen molar-refractivity contribution in [3.8, 4) is 0 Å². The minimum Gasteiger partial charge on any atom is -0.369 e. The Labute approximate surface area is 135 Å². The van der Waals surface area contributed by atoms with Crippen LogP contribution < -0.4 is 10.6 Å². The lowest BCUT2D eigenvalue weighted by Crippen LogP contribution is -2.47. The first kappa shape index (κ1) is 15.6. The molecule has 0 aliphatic carbocycles. The number of carbonyl (C=O) groups excluding carboxylic acids is 1. The number of fused-ring (bicyclic) bond motifs is 1. The van der Waals surface area contributed by atoms with E-state index in [0.29, 0.717) is 6.54 Å². The van der Waals surface area contributed by atoms with Gasteiger partial charge < -0.3 is 10.6 Å². The molecular weight excluding hydrogens is 292 g/mol. The number of anilines is 1. The van der Waals surface area contributed by atoms with Crippen molar-refractivity contribution in [3.63, 3.8) is 0 Å². The molecule has 2 N–H and O–H groups in total. The number of hydrogen-bond donors (Lipinski definition) is 2. The van der Waals surface area contributed by atoms with Crippen molar-refractivity contribution < 1.29 is 4.79 Å². The summed E-state index contributed by atoms with van der Waals surface area (Å²) in [6.07, 6.45) is 2.50. The predicted molar refractivity (Wildman–Crippen MR) is 89.4 cm³/mol. The van der Waals surface area contributed by atoms with E-state index >= 15 is 0 Å². The molecule has 1 aliphatic rings. The smallest absolute Gasteiger partial charge is 0.234 e. The molecule has 0 aromatic carbocycles. The summed E-state index contributed by atoms with van der Waals surface area (Å²) in [5.41, 5.74) is 2.82. The number of nitrogens with zero attached hydrogens (tertiary/aromatic N) is 4. The van der Waals surface area contributed by atoms with Gasteiger partial charge >= 0.3 is 0 Å². The van der Waals surface area contributed by atoms with E-state index in [2.05, 4.69) is 37.4 Å². The van der Waals surface area contributed by atoms with Gasteiger partial charge in [-0.25, -0.2) is 15.0 Å². The molecule has 0 spiro atoms. The van der Waals surface area contributed by atoms with Crippen LogP contribution in [-0.4, -0.2) is 58.5 Å². The number of amides is 1. The second-order valence-corrected chi connectivity index (χ2v) is 5.91. The number of aryl methyl sites for hydroxylation is 2. The van der Waals surface area contributed by atoms with Crippen LogP contribution in [0.2, 0.25) is 0 Å². The Hall–Kier alpha value is -2.28. The highest BCUT2D eigenvalue weighted by Crippen LogP contribution is 2.22. The third-order valence-corrected chi connectivity index (χ3v) is 3.99. The monoisotopic (exact) mass is 314 g/mol. The van der Waals surface area contributed by atoms with Crippen molar-refractivity contribution in [2.45, 2.75) is 20.3 Å². The fourth-order valence-electron chi connectivity index (χ4n) is 2.93. The molecule has 1 saturated heterocycles. The Morgan fingerprint density at radius 3 is 3.04 bits per heavy atom. The van der Waals surface area contributed by atoms with E-state index < -0.39 is 0 Å². The third kappa shape index (κ3) is 3.73. The number of hydrogen-bond acceptors (Lipinski definition) is 6. The number of carbonyl (C=O) groups is 1. The van der Waals surface area contributed by atoms with E-state index in [9.17, 15) is 4.79 Å². The first-order valence-corrected chi connectivity index (χ1v) is 7.95. The Morgan fingerprint density at radius 1 is 1.35 bits per heavy atom. The number of rotatable bonds is 5. The molecule has 0 saturated carbocycles. The Balaban J connectivity index is 1.60. The minimum absolute atomic E-state index is 0.114. The van der Waals surface area contributed by atoms with Crippen LogP contribution in [0.4, 0.5) is 5.82 Å². The molecule has 2 aromatic heterocycles. The van der Waals surface area contributed by atoms with Crippen molar-refractivity contribution in [2.75, 3.05) is 38.0 Å². The normalized spacial score (nSPS) is 15.7. The molecule has 0 radical (unpaired) electrons. The summed E-state index contributed by atoms with van der Waals surface area (Å²) < 4.78 is 0. The van der Waals surface area contributed by atoms with Crippen LogP contribution in [0.25, 0.3) is 11.0 Å². The van der Waals surface area contributed by atoms with Crippen molar-refractivity contribution in [2.24, 2.45) is 0 Å². The summed E-state index contributed by atoms with van der Waals surface area (Å²) >= 11 is 0. The fourth-order valence-corrected chi connectivity index (χ4v) is 2.93. The highest BCUT2D eigenvalue weighted by atomic mass is 16.2. The molecule has 0 atom stereocenters. The zero-order valence-corrected chi connectivity index (χ0v) is 13.6. The molecule has 3 rings (SSSR count). The molecule has 3 heterocycles. The average molecular weight is 314 g/mol. The first-order chi connectivity index (χ1) is 11.1. The van der Waals surface area contributed by atoms with Crippen LogP contribution in [0.1, 0.15) is 17.7 Å². The van der Waals surface area contributed by atoms with Gasteiger partial charge in [-0.05, 0) is 31.9 Å². The van der Waals surface area contributed by atoms with Gasteiger partial charge in [-0.2, -0.15) is 0 Å². The van der Waals surface area contributed by atoms with Gasteiger partial charge in [0.25, 0.3) is 0 Å². The van der Waals surface area contributed by atoms with Gasteiger partial charge in [-0.1, -0.05) is 0 Å². The van der Waals surface area contributed by atoms with E-state index in [1.807, 2.05) is 13.0 Å². The summed E-state index contributed by atoms with van der Waals surface area (Å²) in [6, 6.07) is 2.04. The van der Waals surface area contributed by atoms with E-state index in [-0.39, 0.29) is 5.91 Å². The van der Waals surface area contributed by atoms with Gasteiger partial charge in [0.05, 0.1) is 11.9 Å². The molecule has 7 nitrogen and oxygen atoms in total. The van der Waals surface area contributed by atoms with Crippen LogP contribution in [0.5, 0.6) is 0 Å². The highest BCUT2D eigenvalue weighted by Gasteiger charge is 2.15. The largest absolute Gasteiger partial charge is 0.369 e. The SMILES string of the molecule is Cc1cc(C)c2c(NCCCN3CCNC(=O)C3)ncnc2n1. The quantitative estimate of drug-likeness (QED) is 0.797. The first-order valence-electron chi connectivity index (χ1n) is 7.95. The topological polar surface area (TPSA) is 83.0 Å². The van der Waals surface area contributed by atoms with Gasteiger partial charge in [0.15, 0.2) is 5.65 Å². The molecule has 1 amide bonds. The van der Waals surface area contributed by atoms with Gasteiger partial charge in [0.2, 0.25) is 5.91 Å². The van der Waals surface area contributed by atoms with Crippen LogP contribution in [0.3, 0.4) is 0 Å². The number of nitrogens with one attached hydrogen (secondary N) is 2. The zero-order chi connectivity index (χ0) is 16.2. The third-order valence-electron chi connectivity index (χ3n) is 3.99. The number of pyridine rings is 1. The molecule has 122 valence electrons. The summed E-state index contributed by atoms with van der Waals surface area (Å²) in [5, 5.41) is 7.20. The van der Waals surface area contributed by atoms with E-state index in [0.717, 1.165) is 60.7 Å². The molecule has 0 unspecified atom stereocenters. The molecule has 7 heteroatoms. The standard InChI is InChI=1S/C16H22N6O/c1-11-8-12(2)21-16-14(11)15(19-10-20-16)18-4-3-6-22-7-5-17-13(23)9-22/h8,10H,3-7,9H2,1-2H3,(H,17,23)(H,18,19,20,21). The van der Waals surface area contributed by atoms with Crippen LogP contribution in [-0.2, 0) is 4.79 Å². The molecule has 2 aromatic rings. The Kier molecular flexibility index (Phi) is 4.66. The van der Waals surface area contributed by atoms with Crippen LogP contribution in [0.15, 0.2) is 12.4 Å². The lowest BCUT2D eigenvalue weighted by atomic mass is 10.1. The summed E-state index contributed by atoms with van der Waals surface area (Å²) in [7, 11) is 0. The molecule has 1 fully saturated rings. The Bertz CT molecular complexity index is 717. The predicted octanol–water partition coefficient (Wildman–Crippen LogP) is 0.875. The lowest BCUT2D eigenvalue weighted by Gasteiger charge is -2.26. The maximum atomic E-state index is 11.3. The lowest BCUT2D eigenvalue weighted by molar-refractivity contribution is -0.124. The average Bonchev–Trinajstić information content (AvgIpc) is 2.51. The van der Waals surface area contributed by atoms with Crippen molar-refractivity contribution in [1.82, 2.24) is 25.2 Å². The van der Waals surface area contributed by atoms with Crippen molar-refractivity contribution >= 4 is 22.8 Å². The summed E-state index contributed by atoms with van der Waals surface area (Å²) in [4.78, 5) is 26.6. The highest BCUT2D eigenvalue weighted by molar-refractivity contribution is 5.89. The fraction of sp³-hybridized carbons (Fsp3) is 0.500. The van der Waals surface area contributed by atoms with Gasteiger partial charge in [-0.3, -0.25) is 9.69 Å². The number of piperazine rings is 1. The van der Waals surface area contributed by atoms with E-state index in [4.69, 9.17) is 0 Å². The molecule has 0 bridgehead atoms. The van der Waals surface area contributed by atoms with Gasteiger partial charge in [0.1, 0.15) is 12.1 Å². The maximum Gasteiger partial charge on any atom is 0.234 e. The summed E-state index contributed by atoms with van der Waals surface area (Å²) in [5.74, 6) is 0.944. The zero-order valence-electron chi connectivity index (χ0n) is 13.6. The van der Waals surface area contributed by atoms with E-state index in [1.54, 1.807) is 6.33 Å². The maximum absolute atomic E-state index is 11.3. The Morgan fingerprint density at radius 2 is 2.22 bits per heavy atom. The summed E-state index contributed by atoms with van der Waals surface area (Å²) in [6.45, 7) is 7.89. The van der Waals surface area contributed by atoms with E-state index in [1.165, 1.54) is 0 Å². The molecular formula is C16H22N6O. The van der Waals surface area contributed by atoms with Crippen molar-refractivity contribution in [3.05, 3.63) is 23.7 Å². The van der Waals surface area contributed by atoms with Crippen LogP contribution >= 0.6 is 0 Å². The second kappa shape index (κ2) is 6.87.